The number of hydrogen-bond acceptors (Lipinski definition) is 8. The van der Waals surface area contributed by atoms with Crippen LogP contribution in [0.5, 0.6) is 0 Å². The van der Waals surface area contributed by atoms with Crippen molar-refractivity contribution in [2.24, 2.45) is 5.92 Å². The van der Waals surface area contributed by atoms with Crippen LogP contribution >= 0.6 is 11.3 Å². The SMILES string of the molecule is O=C(Nc1ccc(S(=O)(=O)CC2CCOC2=O)cc1)c1ccc([N+](=O)[O-])s1. The summed E-state index contributed by atoms with van der Waals surface area (Å²) in [5, 5.41) is 13.1. The van der Waals surface area contributed by atoms with Gasteiger partial charge in [0.15, 0.2) is 9.84 Å². The molecule has 0 aliphatic carbocycles. The zero-order valence-corrected chi connectivity index (χ0v) is 15.4. The second-order valence-electron chi connectivity index (χ2n) is 5.81. The molecule has 1 amide bonds. The lowest BCUT2D eigenvalue weighted by Gasteiger charge is -2.09. The number of nitrogens with one attached hydrogen (secondary N) is 1. The summed E-state index contributed by atoms with van der Waals surface area (Å²) >= 11 is 0.743. The molecule has 1 unspecified atom stereocenters. The highest BCUT2D eigenvalue weighted by atomic mass is 32.2. The number of hydrogen-bond donors (Lipinski definition) is 1. The Labute approximate surface area is 158 Å². The fourth-order valence-corrected chi connectivity index (χ4v) is 4.83. The zero-order chi connectivity index (χ0) is 19.6. The highest BCUT2D eigenvalue weighted by Crippen LogP contribution is 2.26. The number of amides is 1. The van der Waals surface area contributed by atoms with Gasteiger partial charge in [0.1, 0.15) is 0 Å². The first kappa shape index (κ1) is 19.0. The lowest BCUT2D eigenvalue weighted by Crippen LogP contribution is -2.20. The average molecular weight is 410 g/mol. The third-order valence-corrected chi connectivity index (χ3v) is 6.80. The van der Waals surface area contributed by atoms with Crippen molar-refractivity contribution in [2.45, 2.75) is 11.3 Å². The summed E-state index contributed by atoms with van der Waals surface area (Å²) < 4.78 is 29.6. The van der Waals surface area contributed by atoms with Crippen molar-refractivity contribution in [3.05, 3.63) is 51.4 Å². The minimum atomic E-state index is -3.67. The number of carbonyl (C=O) groups is 2. The van der Waals surface area contributed by atoms with Crippen molar-refractivity contribution < 1.29 is 27.7 Å². The maximum absolute atomic E-state index is 12.4. The van der Waals surface area contributed by atoms with Crippen molar-refractivity contribution in [2.75, 3.05) is 17.7 Å². The molecule has 1 fully saturated rings. The molecule has 0 bridgehead atoms. The number of ether oxygens (including phenoxy) is 1. The second-order valence-corrected chi connectivity index (χ2v) is 8.90. The van der Waals surface area contributed by atoms with Crippen molar-refractivity contribution in [1.82, 2.24) is 0 Å². The molecule has 1 aliphatic heterocycles. The van der Waals surface area contributed by atoms with E-state index in [1.165, 1.54) is 36.4 Å². The van der Waals surface area contributed by atoms with Gasteiger partial charge in [0, 0.05) is 11.8 Å². The van der Waals surface area contributed by atoms with Crippen molar-refractivity contribution in [1.29, 1.82) is 0 Å². The van der Waals surface area contributed by atoms with Gasteiger partial charge in [0.05, 0.1) is 33.0 Å². The molecule has 3 rings (SSSR count). The van der Waals surface area contributed by atoms with E-state index in [1.807, 2.05) is 0 Å². The predicted molar refractivity (Wildman–Crippen MR) is 96.5 cm³/mol. The van der Waals surface area contributed by atoms with Gasteiger partial charge in [-0.25, -0.2) is 8.42 Å². The van der Waals surface area contributed by atoms with E-state index in [0.717, 1.165) is 11.3 Å². The van der Waals surface area contributed by atoms with Gasteiger partial charge in [-0.3, -0.25) is 19.7 Å². The standard InChI is InChI=1S/C16H14N2O7S2/c19-15(13-5-6-14(26-13)18(21)22)17-11-1-3-12(4-2-11)27(23,24)9-10-7-8-25-16(10)20/h1-6,10H,7-9H2,(H,17,19). The Balaban J connectivity index is 1.68. The first-order valence-electron chi connectivity index (χ1n) is 7.81. The summed E-state index contributed by atoms with van der Waals surface area (Å²) in [4.78, 5) is 33.9. The van der Waals surface area contributed by atoms with Gasteiger partial charge in [0.2, 0.25) is 0 Å². The molecule has 1 saturated heterocycles. The largest absolute Gasteiger partial charge is 0.465 e. The number of nitrogens with zero attached hydrogens (tertiary/aromatic N) is 1. The van der Waals surface area contributed by atoms with E-state index >= 15 is 0 Å². The molecule has 1 aromatic carbocycles. The van der Waals surface area contributed by atoms with Crippen LogP contribution in [-0.2, 0) is 19.4 Å². The van der Waals surface area contributed by atoms with Gasteiger partial charge in [0.25, 0.3) is 5.91 Å². The Morgan fingerprint density at radius 1 is 1.26 bits per heavy atom. The summed E-state index contributed by atoms with van der Waals surface area (Å²) in [6.07, 6.45) is 0.374. The Hall–Kier alpha value is -2.79. The van der Waals surface area contributed by atoms with Crippen LogP contribution in [0.2, 0.25) is 0 Å². The summed E-state index contributed by atoms with van der Waals surface area (Å²) in [5.74, 6) is -2.02. The van der Waals surface area contributed by atoms with Crippen molar-refractivity contribution in [3.63, 3.8) is 0 Å². The Bertz CT molecular complexity index is 996. The fraction of sp³-hybridized carbons (Fsp3) is 0.250. The molecule has 2 aromatic rings. The third-order valence-electron chi connectivity index (χ3n) is 3.93. The third kappa shape index (κ3) is 4.31. The first-order valence-corrected chi connectivity index (χ1v) is 10.3. The number of nitro groups is 1. The number of carbonyl (C=O) groups excluding carboxylic acids is 2. The fourth-order valence-electron chi connectivity index (χ4n) is 2.54. The number of anilines is 1. The van der Waals surface area contributed by atoms with Gasteiger partial charge in [-0.2, -0.15) is 0 Å². The highest BCUT2D eigenvalue weighted by Gasteiger charge is 2.32. The van der Waals surface area contributed by atoms with Gasteiger partial charge in [-0.15, -0.1) is 0 Å². The van der Waals surface area contributed by atoms with E-state index in [2.05, 4.69) is 5.32 Å². The van der Waals surface area contributed by atoms with Crippen molar-refractivity contribution in [3.8, 4) is 0 Å². The second kappa shape index (κ2) is 7.45. The first-order chi connectivity index (χ1) is 12.8. The van der Waals surface area contributed by atoms with E-state index in [-0.39, 0.29) is 27.1 Å². The smallest absolute Gasteiger partial charge is 0.324 e. The zero-order valence-electron chi connectivity index (χ0n) is 13.8. The normalized spacial score (nSPS) is 16.7. The molecule has 142 valence electrons. The molecule has 0 spiro atoms. The summed E-state index contributed by atoms with van der Waals surface area (Å²) in [5.41, 5.74) is 0.343. The molecule has 11 heteroatoms. The van der Waals surface area contributed by atoms with Crippen LogP contribution in [0.1, 0.15) is 16.1 Å². The quantitative estimate of drug-likeness (QED) is 0.439. The molecule has 1 N–H and O–H groups in total. The van der Waals surface area contributed by atoms with Crippen LogP contribution < -0.4 is 5.32 Å². The minimum absolute atomic E-state index is 0.0342. The maximum atomic E-state index is 12.4. The number of sulfone groups is 1. The van der Waals surface area contributed by atoms with E-state index in [9.17, 15) is 28.1 Å². The van der Waals surface area contributed by atoms with Crippen LogP contribution in [0.3, 0.4) is 0 Å². The number of esters is 1. The maximum Gasteiger partial charge on any atom is 0.324 e. The molecule has 2 heterocycles. The lowest BCUT2D eigenvalue weighted by molar-refractivity contribution is -0.380. The molecular formula is C16H14N2O7S2. The average Bonchev–Trinajstić information content (AvgIpc) is 3.25. The van der Waals surface area contributed by atoms with E-state index in [4.69, 9.17) is 4.74 Å². The summed E-state index contributed by atoms with van der Waals surface area (Å²) in [6, 6.07) is 8.09. The monoisotopic (exact) mass is 410 g/mol. The lowest BCUT2D eigenvalue weighted by atomic mass is 10.1. The van der Waals surface area contributed by atoms with Crippen LogP contribution in [0.25, 0.3) is 0 Å². The topological polar surface area (TPSA) is 133 Å². The van der Waals surface area contributed by atoms with E-state index in [1.54, 1.807) is 0 Å². The van der Waals surface area contributed by atoms with Crippen molar-refractivity contribution >= 4 is 43.7 Å². The molecule has 0 saturated carbocycles. The minimum Gasteiger partial charge on any atom is -0.465 e. The van der Waals surface area contributed by atoms with Gasteiger partial charge in [-0.1, -0.05) is 11.3 Å². The van der Waals surface area contributed by atoms with E-state index < -0.39 is 32.6 Å². The van der Waals surface area contributed by atoms with Crippen LogP contribution in [0, 0.1) is 16.0 Å². The molecule has 0 radical (unpaired) electrons. The Morgan fingerprint density at radius 2 is 1.96 bits per heavy atom. The molecular weight excluding hydrogens is 396 g/mol. The Morgan fingerprint density at radius 3 is 2.52 bits per heavy atom. The molecule has 1 aliphatic rings. The number of benzene rings is 1. The van der Waals surface area contributed by atoms with E-state index in [0.29, 0.717) is 12.1 Å². The van der Waals surface area contributed by atoms with Gasteiger partial charge >= 0.3 is 11.0 Å². The van der Waals surface area contributed by atoms with Crippen LogP contribution in [0.15, 0.2) is 41.3 Å². The number of thiophene rings is 1. The molecule has 27 heavy (non-hydrogen) atoms. The van der Waals surface area contributed by atoms with Gasteiger partial charge in [-0.05, 0) is 36.8 Å². The highest BCUT2D eigenvalue weighted by molar-refractivity contribution is 7.91. The molecule has 1 aromatic heterocycles. The predicted octanol–water partition coefficient (Wildman–Crippen LogP) is 2.25. The molecule has 1 atom stereocenters. The Kier molecular flexibility index (Phi) is 5.24. The number of cyclic esters (lactones) is 1. The molecule has 9 nitrogen and oxygen atoms in total. The van der Waals surface area contributed by atoms with Crippen LogP contribution in [-0.4, -0.2) is 37.6 Å². The van der Waals surface area contributed by atoms with Crippen LogP contribution in [0.4, 0.5) is 10.7 Å². The van der Waals surface area contributed by atoms with Gasteiger partial charge < -0.3 is 10.1 Å². The summed E-state index contributed by atoms with van der Waals surface area (Å²) in [6.45, 7) is 0.227. The summed E-state index contributed by atoms with van der Waals surface area (Å²) in [7, 11) is -3.67. The number of rotatable bonds is 6.